The van der Waals surface area contributed by atoms with Crippen LogP contribution >= 0.6 is 0 Å². The Balaban J connectivity index is 1.48. The average Bonchev–Trinajstić information content (AvgIpc) is 2.75. The van der Waals surface area contributed by atoms with Gasteiger partial charge in [-0.15, -0.1) is 0 Å². The summed E-state index contributed by atoms with van der Waals surface area (Å²) >= 11 is 0. The highest BCUT2D eigenvalue weighted by atomic mass is 16.7. The average molecular weight is 399 g/mol. The van der Waals surface area contributed by atoms with Gasteiger partial charge in [-0.3, -0.25) is 4.79 Å². The maximum Gasteiger partial charge on any atom is 0.217 e. The van der Waals surface area contributed by atoms with E-state index in [4.69, 9.17) is 18.9 Å². The quantitative estimate of drug-likeness (QED) is 0.799. The fraction of sp³-hybridized carbons (Fsp3) is 0.409. The molecule has 2 aromatic rings. The van der Waals surface area contributed by atoms with Crippen LogP contribution in [0.25, 0.3) is 0 Å². The Labute approximate surface area is 169 Å². The van der Waals surface area contributed by atoms with Gasteiger partial charge in [0.2, 0.25) is 5.91 Å². The number of benzene rings is 2. The lowest BCUT2D eigenvalue weighted by atomic mass is 9.95. The van der Waals surface area contributed by atoms with E-state index in [1.165, 1.54) is 6.92 Å². The molecule has 0 saturated carbocycles. The lowest BCUT2D eigenvalue weighted by molar-refractivity contribution is -0.345. The van der Waals surface area contributed by atoms with Crippen molar-refractivity contribution in [3.8, 4) is 0 Å². The van der Waals surface area contributed by atoms with E-state index in [-0.39, 0.29) is 12.5 Å². The molecule has 2 saturated heterocycles. The minimum Gasteiger partial charge on any atom is -0.388 e. The summed E-state index contributed by atoms with van der Waals surface area (Å²) in [5, 5.41) is 13.7. The Kier molecular flexibility index (Phi) is 6.22. The molecule has 2 heterocycles. The molecule has 2 aliphatic rings. The number of amides is 1. The minimum absolute atomic E-state index is 0.249. The van der Waals surface area contributed by atoms with Crippen LogP contribution in [0.4, 0.5) is 0 Å². The fourth-order valence-corrected chi connectivity index (χ4v) is 3.65. The Hall–Kier alpha value is -2.29. The molecule has 154 valence electrons. The summed E-state index contributed by atoms with van der Waals surface area (Å²) in [6.45, 7) is 1.93. The van der Waals surface area contributed by atoms with E-state index in [1.807, 2.05) is 60.7 Å². The molecule has 29 heavy (non-hydrogen) atoms. The number of aliphatic hydroxyl groups is 1. The van der Waals surface area contributed by atoms with Gasteiger partial charge in [-0.1, -0.05) is 60.7 Å². The second-order valence-corrected chi connectivity index (χ2v) is 7.23. The molecule has 2 fully saturated rings. The normalized spacial score (nSPS) is 31.7. The molecule has 0 aliphatic carbocycles. The number of carbonyl (C=O) groups excluding carboxylic acids is 1. The molecule has 2 N–H and O–H groups in total. The minimum atomic E-state index is -1.01. The first-order valence-corrected chi connectivity index (χ1v) is 9.70. The van der Waals surface area contributed by atoms with Crippen molar-refractivity contribution in [2.75, 3.05) is 6.61 Å². The smallest absolute Gasteiger partial charge is 0.217 e. The highest BCUT2D eigenvalue weighted by Crippen LogP contribution is 2.34. The van der Waals surface area contributed by atoms with Gasteiger partial charge >= 0.3 is 0 Å². The van der Waals surface area contributed by atoms with Gasteiger partial charge in [-0.25, -0.2) is 0 Å². The van der Waals surface area contributed by atoms with Crippen molar-refractivity contribution in [3.63, 3.8) is 0 Å². The molecule has 2 aliphatic heterocycles. The number of hydrogen-bond acceptors (Lipinski definition) is 6. The molecule has 7 heteroatoms. The summed E-state index contributed by atoms with van der Waals surface area (Å²) in [4.78, 5) is 11.7. The molecular weight excluding hydrogens is 374 g/mol. The van der Waals surface area contributed by atoms with E-state index < -0.39 is 36.9 Å². The molecular formula is C22H25NO6. The molecule has 7 nitrogen and oxygen atoms in total. The molecule has 6 atom stereocenters. The molecule has 0 radical (unpaired) electrons. The monoisotopic (exact) mass is 399 g/mol. The highest BCUT2D eigenvalue weighted by molar-refractivity contribution is 5.73. The number of hydrogen-bond donors (Lipinski definition) is 2. The van der Waals surface area contributed by atoms with Crippen molar-refractivity contribution in [3.05, 3.63) is 71.8 Å². The number of carbonyl (C=O) groups is 1. The van der Waals surface area contributed by atoms with Crippen molar-refractivity contribution < 1.29 is 28.8 Å². The second-order valence-electron chi connectivity index (χ2n) is 7.23. The molecule has 0 bridgehead atoms. The Bertz CT molecular complexity index is 801. The van der Waals surface area contributed by atoms with Crippen LogP contribution in [-0.2, 0) is 30.3 Å². The van der Waals surface area contributed by atoms with Crippen LogP contribution in [0.2, 0.25) is 0 Å². The molecule has 0 spiro atoms. The van der Waals surface area contributed by atoms with Crippen LogP contribution < -0.4 is 5.32 Å². The lowest BCUT2D eigenvalue weighted by Gasteiger charge is -2.47. The summed E-state index contributed by atoms with van der Waals surface area (Å²) in [5.74, 6) is -0.281. The third kappa shape index (κ3) is 4.66. The Morgan fingerprint density at radius 1 is 1.10 bits per heavy atom. The van der Waals surface area contributed by atoms with E-state index in [0.29, 0.717) is 6.61 Å². The summed E-state index contributed by atoms with van der Waals surface area (Å²) in [5.41, 5.74) is 1.83. The predicted octanol–water partition coefficient (Wildman–Crippen LogP) is 1.91. The molecule has 4 rings (SSSR count). The molecule has 2 aromatic carbocycles. The van der Waals surface area contributed by atoms with Gasteiger partial charge < -0.3 is 29.4 Å². The van der Waals surface area contributed by atoms with Gasteiger partial charge in [0, 0.05) is 12.5 Å². The van der Waals surface area contributed by atoms with Gasteiger partial charge in [0.05, 0.1) is 13.2 Å². The van der Waals surface area contributed by atoms with Crippen molar-refractivity contribution in [2.45, 2.75) is 50.5 Å². The zero-order valence-corrected chi connectivity index (χ0v) is 16.1. The highest BCUT2D eigenvalue weighted by Gasteiger charge is 2.50. The van der Waals surface area contributed by atoms with Crippen molar-refractivity contribution in [2.24, 2.45) is 0 Å². The van der Waals surface area contributed by atoms with Crippen LogP contribution in [0.5, 0.6) is 0 Å². The third-order valence-electron chi connectivity index (χ3n) is 5.06. The standard InChI is InChI=1S/C22H25NO6/c1-14(24)23-18-19(25)20-17(13-27-21(29-20)16-10-6-3-7-11-16)28-22(18)26-12-15-8-4-2-5-9-15/h2-11,17-22,25H,12-13H2,1H3,(H,23,24). The first-order chi connectivity index (χ1) is 14.1. The van der Waals surface area contributed by atoms with Crippen LogP contribution in [0.1, 0.15) is 24.3 Å². The van der Waals surface area contributed by atoms with Gasteiger partial charge in [0.25, 0.3) is 0 Å². The zero-order valence-electron chi connectivity index (χ0n) is 16.1. The van der Waals surface area contributed by atoms with Gasteiger partial charge in [-0.05, 0) is 5.56 Å². The topological polar surface area (TPSA) is 86.3 Å². The second kappa shape index (κ2) is 9.02. The summed E-state index contributed by atoms with van der Waals surface area (Å²) < 4.78 is 23.8. The molecule has 0 aromatic heterocycles. The number of rotatable bonds is 5. The van der Waals surface area contributed by atoms with E-state index >= 15 is 0 Å². The lowest BCUT2D eigenvalue weighted by Crippen LogP contribution is -2.66. The Morgan fingerprint density at radius 3 is 2.48 bits per heavy atom. The zero-order chi connectivity index (χ0) is 20.2. The van der Waals surface area contributed by atoms with E-state index in [9.17, 15) is 9.90 Å². The Morgan fingerprint density at radius 2 is 1.79 bits per heavy atom. The summed E-state index contributed by atoms with van der Waals surface area (Å²) in [6, 6.07) is 18.4. The van der Waals surface area contributed by atoms with Gasteiger partial charge in [0.15, 0.2) is 12.6 Å². The van der Waals surface area contributed by atoms with Crippen molar-refractivity contribution >= 4 is 5.91 Å². The van der Waals surface area contributed by atoms with Gasteiger partial charge in [0.1, 0.15) is 24.4 Å². The summed E-state index contributed by atoms with van der Waals surface area (Å²) in [6.07, 6.45) is -3.59. The molecule has 1 amide bonds. The van der Waals surface area contributed by atoms with Crippen molar-refractivity contribution in [1.29, 1.82) is 0 Å². The van der Waals surface area contributed by atoms with Crippen LogP contribution in [0.3, 0.4) is 0 Å². The maximum atomic E-state index is 11.7. The van der Waals surface area contributed by atoms with Crippen LogP contribution in [0.15, 0.2) is 60.7 Å². The first-order valence-electron chi connectivity index (χ1n) is 9.70. The third-order valence-corrected chi connectivity index (χ3v) is 5.06. The van der Waals surface area contributed by atoms with E-state index in [1.54, 1.807) is 0 Å². The number of fused-ring (bicyclic) bond motifs is 1. The fourth-order valence-electron chi connectivity index (χ4n) is 3.65. The predicted molar refractivity (Wildman–Crippen MR) is 104 cm³/mol. The van der Waals surface area contributed by atoms with E-state index in [2.05, 4.69) is 5.32 Å². The molecule has 6 unspecified atom stereocenters. The number of nitrogens with one attached hydrogen (secondary N) is 1. The maximum absolute atomic E-state index is 11.7. The number of aliphatic hydroxyl groups excluding tert-OH is 1. The van der Waals surface area contributed by atoms with Crippen molar-refractivity contribution in [1.82, 2.24) is 5.32 Å². The number of ether oxygens (including phenoxy) is 4. The largest absolute Gasteiger partial charge is 0.388 e. The summed E-state index contributed by atoms with van der Waals surface area (Å²) in [7, 11) is 0. The van der Waals surface area contributed by atoms with Gasteiger partial charge in [-0.2, -0.15) is 0 Å². The first kappa shape index (κ1) is 20.0. The van der Waals surface area contributed by atoms with Crippen LogP contribution in [0, 0.1) is 0 Å². The van der Waals surface area contributed by atoms with E-state index in [0.717, 1.165) is 11.1 Å². The van der Waals surface area contributed by atoms with Crippen LogP contribution in [-0.4, -0.2) is 48.3 Å². The SMILES string of the molecule is CC(=O)NC1C(OCc2ccccc2)OC2COC(c3ccccc3)OC2C1O.